The third-order valence-corrected chi connectivity index (χ3v) is 5.11. The Labute approximate surface area is 123 Å². The van der Waals surface area contributed by atoms with Crippen molar-refractivity contribution in [3.63, 3.8) is 0 Å². The third kappa shape index (κ3) is 6.88. The molecule has 18 heavy (non-hydrogen) atoms. The molecule has 1 heterocycles. The van der Waals surface area contributed by atoms with Crippen molar-refractivity contribution in [1.29, 1.82) is 0 Å². The van der Waals surface area contributed by atoms with E-state index in [0.29, 0.717) is 0 Å². The van der Waals surface area contributed by atoms with Crippen LogP contribution in [0, 0.1) is 6.92 Å². The van der Waals surface area contributed by atoms with Crippen molar-refractivity contribution >= 4 is 27.3 Å². The predicted molar refractivity (Wildman–Crippen MR) is 83.7 cm³/mol. The maximum Gasteiger partial charge on any atom is 0.0587 e. The topological polar surface area (TPSA) is 21.3 Å². The Hall–Kier alpha value is 0.1000. The van der Waals surface area contributed by atoms with Gasteiger partial charge in [-0.1, -0.05) is 12.8 Å². The van der Waals surface area contributed by atoms with Gasteiger partial charge in [-0.2, -0.15) is 0 Å². The van der Waals surface area contributed by atoms with Gasteiger partial charge < -0.3 is 10.1 Å². The summed E-state index contributed by atoms with van der Waals surface area (Å²) in [6, 6.07) is 2.27. The quantitative estimate of drug-likeness (QED) is 0.649. The highest BCUT2D eigenvalue weighted by atomic mass is 79.9. The molecule has 0 aliphatic carbocycles. The molecule has 2 nitrogen and oxygen atoms in total. The monoisotopic (exact) mass is 333 g/mol. The first-order valence-electron chi connectivity index (χ1n) is 6.68. The minimum absolute atomic E-state index is 0.812. The maximum absolute atomic E-state index is 4.98. The molecule has 0 amide bonds. The van der Waals surface area contributed by atoms with Gasteiger partial charge in [0, 0.05) is 27.9 Å². The van der Waals surface area contributed by atoms with E-state index in [2.05, 4.69) is 34.2 Å². The van der Waals surface area contributed by atoms with Crippen LogP contribution in [0.15, 0.2) is 10.5 Å². The van der Waals surface area contributed by atoms with E-state index in [1.807, 2.05) is 11.3 Å². The highest BCUT2D eigenvalue weighted by Gasteiger charge is 2.02. The van der Waals surface area contributed by atoms with Gasteiger partial charge in [-0.15, -0.1) is 11.3 Å². The smallest absolute Gasteiger partial charge is 0.0587 e. The van der Waals surface area contributed by atoms with Crippen molar-refractivity contribution in [2.45, 2.75) is 39.0 Å². The Morgan fingerprint density at radius 2 is 2.00 bits per heavy atom. The lowest BCUT2D eigenvalue weighted by molar-refractivity contribution is 0.199. The zero-order valence-electron chi connectivity index (χ0n) is 11.4. The van der Waals surface area contributed by atoms with Crippen molar-refractivity contribution in [2.75, 3.05) is 26.8 Å². The van der Waals surface area contributed by atoms with E-state index in [1.54, 1.807) is 7.11 Å². The van der Waals surface area contributed by atoms with Gasteiger partial charge in [0.25, 0.3) is 0 Å². The highest BCUT2D eigenvalue weighted by molar-refractivity contribution is 9.10. The average molecular weight is 334 g/mol. The van der Waals surface area contributed by atoms with Crippen LogP contribution in [0.3, 0.4) is 0 Å². The van der Waals surface area contributed by atoms with Crippen molar-refractivity contribution in [3.8, 4) is 0 Å². The number of methoxy groups -OCH3 is 1. The highest BCUT2D eigenvalue weighted by Crippen LogP contribution is 2.27. The summed E-state index contributed by atoms with van der Waals surface area (Å²) in [7, 11) is 1.74. The molecule has 0 radical (unpaired) electrons. The minimum Gasteiger partial charge on any atom is -0.383 e. The summed E-state index contributed by atoms with van der Waals surface area (Å²) in [5.74, 6) is 0. The largest absolute Gasteiger partial charge is 0.383 e. The fourth-order valence-electron chi connectivity index (χ4n) is 1.84. The van der Waals surface area contributed by atoms with Crippen LogP contribution in [0.2, 0.25) is 0 Å². The second kappa shape index (κ2) is 9.96. The SMILES string of the molecule is COCCNCCCCCCc1cc(Br)c(C)s1. The van der Waals surface area contributed by atoms with E-state index in [9.17, 15) is 0 Å². The van der Waals surface area contributed by atoms with Crippen molar-refractivity contribution in [3.05, 3.63) is 20.3 Å². The van der Waals surface area contributed by atoms with Gasteiger partial charge in [0.15, 0.2) is 0 Å². The molecule has 1 aromatic rings. The number of rotatable bonds is 10. The number of hydrogen-bond acceptors (Lipinski definition) is 3. The summed E-state index contributed by atoms with van der Waals surface area (Å²) in [5, 5.41) is 3.38. The molecule has 1 N–H and O–H groups in total. The zero-order valence-corrected chi connectivity index (χ0v) is 13.8. The Bertz CT molecular complexity index is 308. The summed E-state index contributed by atoms with van der Waals surface area (Å²) in [5.41, 5.74) is 0. The molecule has 0 saturated heterocycles. The molecule has 4 heteroatoms. The normalized spacial score (nSPS) is 11.1. The first-order valence-corrected chi connectivity index (χ1v) is 8.29. The number of thiophene rings is 1. The molecule has 0 atom stereocenters. The number of halogens is 1. The fourth-order valence-corrected chi connectivity index (χ4v) is 3.49. The standard InChI is InChI=1S/C14H24BrNOS/c1-12-14(15)11-13(18-12)7-5-3-4-6-8-16-9-10-17-2/h11,16H,3-10H2,1-2H3. The predicted octanol–water partition coefficient (Wildman–Crippen LogP) is 4.16. The molecule has 1 rings (SSSR count). The van der Waals surface area contributed by atoms with Crippen LogP contribution in [-0.4, -0.2) is 26.8 Å². The summed E-state index contributed by atoms with van der Waals surface area (Å²) in [4.78, 5) is 2.91. The first-order chi connectivity index (χ1) is 8.74. The molecule has 0 aliphatic heterocycles. The number of aryl methyl sites for hydroxylation is 2. The van der Waals surface area contributed by atoms with Crippen molar-refractivity contribution < 1.29 is 4.74 Å². The summed E-state index contributed by atoms with van der Waals surface area (Å²) in [6.07, 6.45) is 6.47. The number of unbranched alkanes of at least 4 members (excludes halogenated alkanes) is 3. The van der Waals surface area contributed by atoms with Crippen LogP contribution in [-0.2, 0) is 11.2 Å². The lowest BCUT2D eigenvalue weighted by Gasteiger charge is -2.03. The summed E-state index contributed by atoms with van der Waals surface area (Å²) >= 11 is 5.49. The van der Waals surface area contributed by atoms with Crippen LogP contribution >= 0.6 is 27.3 Å². The molecular weight excluding hydrogens is 310 g/mol. The molecule has 0 aliphatic rings. The molecular formula is C14H24BrNOS. The van der Waals surface area contributed by atoms with Gasteiger partial charge >= 0.3 is 0 Å². The molecule has 0 unspecified atom stereocenters. The second-order valence-electron chi connectivity index (χ2n) is 4.52. The summed E-state index contributed by atoms with van der Waals surface area (Å²) < 4.78 is 6.25. The van der Waals surface area contributed by atoms with E-state index in [1.165, 1.54) is 46.3 Å². The van der Waals surface area contributed by atoms with E-state index in [-0.39, 0.29) is 0 Å². The molecule has 0 saturated carbocycles. The zero-order chi connectivity index (χ0) is 13.2. The van der Waals surface area contributed by atoms with Crippen LogP contribution in [0.1, 0.15) is 35.4 Å². The molecule has 0 bridgehead atoms. The van der Waals surface area contributed by atoms with E-state index < -0.39 is 0 Å². The number of ether oxygens (including phenoxy) is 1. The van der Waals surface area contributed by atoms with Gasteiger partial charge in [0.1, 0.15) is 0 Å². The van der Waals surface area contributed by atoms with Crippen molar-refractivity contribution in [2.24, 2.45) is 0 Å². The third-order valence-electron chi connectivity index (χ3n) is 2.92. The average Bonchev–Trinajstić information content (AvgIpc) is 2.67. The first kappa shape index (κ1) is 16.2. The van der Waals surface area contributed by atoms with Crippen LogP contribution in [0.5, 0.6) is 0 Å². The van der Waals surface area contributed by atoms with Gasteiger partial charge in [-0.25, -0.2) is 0 Å². The van der Waals surface area contributed by atoms with E-state index in [4.69, 9.17) is 4.74 Å². The van der Waals surface area contributed by atoms with E-state index >= 15 is 0 Å². The summed E-state index contributed by atoms with van der Waals surface area (Å²) in [6.45, 7) is 5.07. The van der Waals surface area contributed by atoms with Crippen LogP contribution in [0.25, 0.3) is 0 Å². The Morgan fingerprint density at radius 1 is 1.22 bits per heavy atom. The van der Waals surface area contributed by atoms with Gasteiger partial charge in [-0.05, 0) is 54.7 Å². The molecule has 0 fully saturated rings. The maximum atomic E-state index is 4.98. The Morgan fingerprint density at radius 3 is 2.67 bits per heavy atom. The fraction of sp³-hybridized carbons (Fsp3) is 0.714. The Balaban J connectivity index is 1.92. The Kier molecular flexibility index (Phi) is 8.94. The molecule has 0 spiro atoms. The molecule has 0 aromatic carbocycles. The lowest BCUT2D eigenvalue weighted by atomic mass is 10.1. The van der Waals surface area contributed by atoms with E-state index in [0.717, 1.165) is 19.7 Å². The molecule has 104 valence electrons. The van der Waals surface area contributed by atoms with Crippen LogP contribution < -0.4 is 5.32 Å². The number of nitrogens with one attached hydrogen (secondary N) is 1. The van der Waals surface area contributed by atoms with Gasteiger partial charge in [0.05, 0.1) is 6.61 Å². The van der Waals surface area contributed by atoms with Gasteiger partial charge in [-0.3, -0.25) is 0 Å². The van der Waals surface area contributed by atoms with Crippen molar-refractivity contribution in [1.82, 2.24) is 5.32 Å². The number of hydrogen-bond donors (Lipinski definition) is 1. The van der Waals surface area contributed by atoms with Gasteiger partial charge in [0.2, 0.25) is 0 Å². The minimum atomic E-state index is 0.812. The van der Waals surface area contributed by atoms with Crippen LogP contribution in [0.4, 0.5) is 0 Å². The molecule has 1 aromatic heterocycles. The lowest BCUT2D eigenvalue weighted by Crippen LogP contribution is -2.20. The second-order valence-corrected chi connectivity index (χ2v) is 6.72.